The summed E-state index contributed by atoms with van der Waals surface area (Å²) in [6.07, 6.45) is -1.04. The van der Waals surface area contributed by atoms with E-state index in [0.717, 1.165) is 10.8 Å². The first-order valence-electron chi connectivity index (χ1n) is 9.14. The van der Waals surface area contributed by atoms with E-state index >= 15 is 0 Å². The summed E-state index contributed by atoms with van der Waals surface area (Å²) >= 11 is 0. The quantitative estimate of drug-likeness (QED) is 0.521. The molecule has 2 N–H and O–H groups in total. The van der Waals surface area contributed by atoms with Crippen LogP contribution in [0.3, 0.4) is 0 Å². The van der Waals surface area contributed by atoms with Crippen LogP contribution in [0.15, 0.2) is 77.6 Å². The largest absolute Gasteiger partial charge is 0.448 e. The molecule has 1 amide bonds. The van der Waals surface area contributed by atoms with E-state index in [1.165, 1.54) is 13.0 Å². The molecule has 0 aliphatic rings. The first-order valence-corrected chi connectivity index (χ1v) is 9.14. The Labute approximate surface area is 166 Å². The molecule has 0 aliphatic heterocycles. The van der Waals surface area contributed by atoms with Crippen LogP contribution in [0.1, 0.15) is 17.4 Å². The van der Waals surface area contributed by atoms with Crippen molar-refractivity contribution in [3.8, 4) is 0 Å². The molecule has 0 radical (unpaired) electrons. The fourth-order valence-electron chi connectivity index (χ4n) is 3.15. The molecule has 0 unspecified atom stereocenters. The second-order valence-electron chi connectivity index (χ2n) is 6.66. The van der Waals surface area contributed by atoms with Crippen molar-refractivity contribution in [3.63, 3.8) is 0 Å². The molecular weight excluding hydrogens is 368 g/mol. The van der Waals surface area contributed by atoms with Gasteiger partial charge in [-0.3, -0.25) is 9.59 Å². The average molecular weight is 386 g/mol. The number of amides is 1. The lowest BCUT2D eigenvalue weighted by Crippen LogP contribution is -2.30. The van der Waals surface area contributed by atoms with Gasteiger partial charge in [-0.05, 0) is 30.5 Å². The van der Waals surface area contributed by atoms with E-state index in [9.17, 15) is 14.4 Å². The summed E-state index contributed by atoms with van der Waals surface area (Å²) in [7, 11) is 0. The van der Waals surface area contributed by atoms with Gasteiger partial charge in [0, 0.05) is 28.0 Å². The Bertz CT molecular complexity index is 1290. The minimum atomic E-state index is -1.04. The Kier molecular flexibility index (Phi) is 4.83. The van der Waals surface area contributed by atoms with Gasteiger partial charge in [0.05, 0.1) is 0 Å². The van der Waals surface area contributed by atoms with Gasteiger partial charge < -0.3 is 15.0 Å². The summed E-state index contributed by atoms with van der Waals surface area (Å²) in [5, 5.41) is 5.15. The highest BCUT2D eigenvalue weighted by atomic mass is 16.5. The highest BCUT2D eigenvalue weighted by Gasteiger charge is 2.20. The van der Waals surface area contributed by atoms with Crippen molar-refractivity contribution in [2.75, 3.05) is 5.32 Å². The second kappa shape index (κ2) is 7.59. The van der Waals surface area contributed by atoms with E-state index in [-0.39, 0.29) is 11.1 Å². The Balaban J connectivity index is 1.51. The van der Waals surface area contributed by atoms with Crippen molar-refractivity contribution in [3.05, 3.63) is 88.7 Å². The van der Waals surface area contributed by atoms with Gasteiger partial charge in [0.1, 0.15) is 5.69 Å². The lowest BCUT2D eigenvalue weighted by Gasteiger charge is -2.15. The number of para-hydroxylation sites is 1. The zero-order valence-electron chi connectivity index (χ0n) is 15.6. The van der Waals surface area contributed by atoms with Gasteiger partial charge in [0.2, 0.25) is 0 Å². The maximum atomic E-state index is 12.5. The number of benzene rings is 3. The van der Waals surface area contributed by atoms with Crippen molar-refractivity contribution in [2.45, 2.75) is 13.0 Å². The molecule has 6 heteroatoms. The van der Waals surface area contributed by atoms with Crippen molar-refractivity contribution < 1.29 is 14.3 Å². The van der Waals surface area contributed by atoms with Crippen molar-refractivity contribution in [1.82, 2.24) is 4.98 Å². The van der Waals surface area contributed by atoms with Crippen LogP contribution in [0.25, 0.3) is 21.7 Å². The minimum Gasteiger partial charge on any atom is -0.448 e. The van der Waals surface area contributed by atoms with E-state index in [2.05, 4.69) is 10.3 Å². The van der Waals surface area contributed by atoms with Gasteiger partial charge in [-0.2, -0.15) is 0 Å². The molecule has 3 aromatic carbocycles. The van der Waals surface area contributed by atoms with E-state index in [1.807, 2.05) is 36.4 Å². The number of rotatable bonds is 4. The number of carbonyl (C=O) groups excluding carboxylic acids is 2. The molecule has 0 saturated heterocycles. The molecule has 1 aromatic heterocycles. The van der Waals surface area contributed by atoms with E-state index in [0.29, 0.717) is 16.6 Å². The Morgan fingerprint density at radius 1 is 0.931 bits per heavy atom. The maximum Gasteiger partial charge on any atom is 0.355 e. The van der Waals surface area contributed by atoms with Crippen LogP contribution in [0, 0.1) is 0 Å². The number of aromatic amines is 1. The Morgan fingerprint density at radius 2 is 1.62 bits per heavy atom. The molecule has 0 aliphatic carbocycles. The SMILES string of the molecule is C[C@@H](OC(=O)c1cc(=O)c2ccccc2[nH]1)C(=O)Nc1cccc2ccccc12. The standard InChI is InChI=1S/C23H18N2O4/c1-14(22(27)25-18-12-6-8-15-7-2-3-9-16(15)18)29-23(28)20-13-21(26)17-10-4-5-11-19(17)24-20/h2-14H,1H3,(H,24,26)(H,25,27)/t14-/m1/s1. The van der Waals surface area contributed by atoms with Gasteiger partial charge >= 0.3 is 5.97 Å². The molecule has 4 aromatic rings. The Morgan fingerprint density at radius 3 is 2.45 bits per heavy atom. The maximum absolute atomic E-state index is 12.5. The smallest absolute Gasteiger partial charge is 0.355 e. The number of H-pyrrole nitrogens is 1. The minimum absolute atomic E-state index is 0.00138. The van der Waals surface area contributed by atoms with Crippen LogP contribution >= 0.6 is 0 Å². The van der Waals surface area contributed by atoms with E-state index < -0.39 is 18.0 Å². The van der Waals surface area contributed by atoms with Gasteiger partial charge in [0.15, 0.2) is 11.5 Å². The molecular formula is C23H18N2O4. The first-order chi connectivity index (χ1) is 14.0. The van der Waals surface area contributed by atoms with Crippen LogP contribution in [0.4, 0.5) is 5.69 Å². The van der Waals surface area contributed by atoms with Crippen LogP contribution in [-0.2, 0) is 9.53 Å². The van der Waals surface area contributed by atoms with Crippen molar-refractivity contribution in [2.24, 2.45) is 0 Å². The third-order valence-corrected chi connectivity index (χ3v) is 4.66. The van der Waals surface area contributed by atoms with Gasteiger partial charge in [-0.15, -0.1) is 0 Å². The van der Waals surface area contributed by atoms with Crippen LogP contribution in [0.2, 0.25) is 0 Å². The predicted octanol–water partition coefficient (Wildman–Crippen LogP) is 3.87. The predicted molar refractivity (Wildman–Crippen MR) is 112 cm³/mol. The number of ether oxygens (including phenoxy) is 1. The number of anilines is 1. The molecule has 1 atom stereocenters. The average Bonchev–Trinajstić information content (AvgIpc) is 2.74. The fourth-order valence-corrected chi connectivity index (χ4v) is 3.15. The summed E-state index contributed by atoms with van der Waals surface area (Å²) < 4.78 is 5.27. The van der Waals surface area contributed by atoms with Gasteiger partial charge in [0.25, 0.3) is 5.91 Å². The summed E-state index contributed by atoms with van der Waals surface area (Å²) in [6, 6.07) is 21.3. The normalized spacial score (nSPS) is 11.9. The van der Waals surface area contributed by atoms with Crippen LogP contribution in [-0.4, -0.2) is 23.0 Å². The summed E-state index contributed by atoms with van der Waals surface area (Å²) in [6.45, 7) is 1.48. The highest BCUT2D eigenvalue weighted by molar-refractivity contribution is 6.04. The van der Waals surface area contributed by atoms with E-state index in [4.69, 9.17) is 4.74 Å². The zero-order valence-corrected chi connectivity index (χ0v) is 15.6. The van der Waals surface area contributed by atoms with E-state index in [1.54, 1.807) is 30.3 Å². The number of carbonyl (C=O) groups is 2. The number of fused-ring (bicyclic) bond motifs is 2. The molecule has 6 nitrogen and oxygen atoms in total. The number of hydrogen-bond donors (Lipinski definition) is 2. The summed E-state index contributed by atoms with van der Waals surface area (Å²) in [5.74, 6) is -1.23. The van der Waals surface area contributed by atoms with Gasteiger partial charge in [-0.25, -0.2) is 4.79 Å². The molecule has 1 heterocycles. The van der Waals surface area contributed by atoms with Gasteiger partial charge in [-0.1, -0.05) is 48.5 Å². The third kappa shape index (κ3) is 3.73. The Hall–Kier alpha value is -3.93. The molecule has 144 valence electrons. The fraction of sp³-hybridized carbons (Fsp3) is 0.0870. The second-order valence-corrected chi connectivity index (χ2v) is 6.66. The number of nitrogens with one attached hydrogen (secondary N) is 2. The number of esters is 1. The topological polar surface area (TPSA) is 88.3 Å². The summed E-state index contributed by atoms with van der Waals surface area (Å²) in [4.78, 5) is 40.1. The highest BCUT2D eigenvalue weighted by Crippen LogP contribution is 2.23. The molecule has 4 rings (SSSR count). The van der Waals surface area contributed by atoms with Crippen molar-refractivity contribution in [1.29, 1.82) is 0 Å². The lowest BCUT2D eigenvalue weighted by atomic mass is 10.1. The van der Waals surface area contributed by atoms with Crippen LogP contribution in [0.5, 0.6) is 0 Å². The summed E-state index contributed by atoms with van der Waals surface area (Å²) in [5.41, 5.74) is 0.868. The zero-order chi connectivity index (χ0) is 20.4. The third-order valence-electron chi connectivity index (χ3n) is 4.66. The molecule has 0 fully saturated rings. The number of aromatic nitrogens is 1. The molecule has 0 saturated carbocycles. The number of pyridine rings is 1. The number of hydrogen-bond acceptors (Lipinski definition) is 4. The van der Waals surface area contributed by atoms with Crippen LogP contribution < -0.4 is 10.7 Å². The molecule has 29 heavy (non-hydrogen) atoms. The molecule has 0 bridgehead atoms. The lowest BCUT2D eigenvalue weighted by molar-refractivity contribution is -0.123. The van der Waals surface area contributed by atoms with Crippen molar-refractivity contribution >= 4 is 39.2 Å². The molecule has 0 spiro atoms. The first kappa shape index (κ1) is 18.4. The monoisotopic (exact) mass is 386 g/mol.